The van der Waals surface area contributed by atoms with Crippen molar-refractivity contribution in [1.82, 2.24) is 5.32 Å². The molecule has 0 unspecified atom stereocenters. The van der Waals surface area contributed by atoms with Gasteiger partial charge in [0.1, 0.15) is 0 Å². The van der Waals surface area contributed by atoms with Gasteiger partial charge in [0.15, 0.2) is 6.10 Å². The van der Waals surface area contributed by atoms with Gasteiger partial charge in [0.25, 0.3) is 5.91 Å². The number of hydrogen-bond acceptors (Lipinski definition) is 3. The second-order valence-electron chi connectivity index (χ2n) is 4.43. The van der Waals surface area contributed by atoms with Crippen LogP contribution >= 0.6 is 23.2 Å². The van der Waals surface area contributed by atoms with Crippen molar-refractivity contribution >= 4 is 35.1 Å². The zero-order valence-electron chi connectivity index (χ0n) is 10.3. The van der Waals surface area contributed by atoms with Gasteiger partial charge in [0.2, 0.25) is 0 Å². The smallest absolute Gasteiger partial charge is 0.340 e. The Morgan fingerprint density at radius 2 is 2.05 bits per heavy atom. The van der Waals surface area contributed by atoms with E-state index < -0.39 is 12.1 Å². The van der Waals surface area contributed by atoms with Gasteiger partial charge >= 0.3 is 5.97 Å². The van der Waals surface area contributed by atoms with Crippen molar-refractivity contribution in [2.75, 3.05) is 0 Å². The molecular formula is C13H13Cl2NO3. The third-order valence-electron chi connectivity index (χ3n) is 2.75. The number of benzene rings is 1. The summed E-state index contributed by atoms with van der Waals surface area (Å²) < 4.78 is 5.07. The zero-order valence-corrected chi connectivity index (χ0v) is 11.8. The number of carbonyl (C=O) groups excluding carboxylic acids is 2. The van der Waals surface area contributed by atoms with Crippen molar-refractivity contribution in [3.63, 3.8) is 0 Å². The molecule has 1 atom stereocenters. The quantitative estimate of drug-likeness (QED) is 0.870. The van der Waals surface area contributed by atoms with Gasteiger partial charge < -0.3 is 10.1 Å². The molecule has 0 spiro atoms. The average molecular weight is 302 g/mol. The van der Waals surface area contributed by atoms with Crippen LogP contribution in [0.3, 0.4) is 0 Å². The Labute approximate surface area is 121 Å². The topological polar surface area (TPSA) is 55.4 Å². The number of ether oxygens (including phenoxy) is 1. The van der Waals surface area contributed by atoms with E-state index in [0.717, 1.165) is 12.8 Å². The van der Waals surface area contributed by atoms with Gasteiger partial charge in [-0.3, -0.25) is 4.79 Å². The number of halogens is 2. The molecule has 1 aromatic rings. The zero-order chi connectivity index (χ0) is 14.0. The molecule has 1 fully saturated rings. The molecule has 102 valence electrons. The molecule has 1 aliphatic rings. The number of hydrogen-bond donors (Lipinski definition) is 1. The monoisotopic (exact) mass is 301 g/mol. The molecule has 1 amide bonds. The second-order valence-corrected chi connectivity index (χ2v) is 5.22. The Balaban J connectivity index is 1.99. The van der Waals surface area contributed by atoms with Crippen molar-refractivity contribution in [3.8, 4) is 0 Å². The summed E-state index contributed by atoms with van der Waals surface area (Å²) in [5.41, 5.74) is 0.153. The van der Waals surface area contributed by atoms with E-state index in [4.69, 9.17) is 27.9 Å². The van der Waals surface area contributed by atoms with Gasteiger partial charge in [-0.25, -0.2) is 4.79 Å². The standard InChI is InChI=1S/C13H13Cl2NO3/c1-7(12(17)16-8-5-6-8)19-13(18)9-3-2-4-10(14)11(9)15/h2-4,7-8H,5-6H2,1H3,(H,16,17)/t7-/m0/s1. The van der Waals surface area contributed by atoms with Crippen molar-refractivity contribution in [1.29, 1.82) is 0 Å². The predicted octanol–water partition coefficient (Wildman–Crippen LogP) is 2.82. The van der Waals surface area contributed by atoms with Gasteiger partial charge in [0.05, 0.1) is 15.6 Å². The summed E-state index contributed by atoms with van der Waals surface area (Å²) >= 11 is 11.7. The number of rotatable bonds is 4. The average Bonchev–Trinajstić information content (AvgIpc) is 3.16. The highest BCUT2D eigenvalue weighted by Crippen LogP contribution is 2.26. The first kappa shape index (κ1) is 14.2. The van der Waals surface area contributed by atoms with Crippen LogP contribution in [0.4, 0.5) is 0 Å². The molecule has 0 bridgehead atoms. The molecule has 0 saturated heterocycles. The lowest BCUT2D eigenvalue weighted by molar-refractivity contribution is -0.129. The number of nitrogens with one attached hydrogen (secondary N) is 1. The fourth-order valence-corrected chi connectivity index (χ4v) is 1.86. The Morgan fingerprint density at radius 1 is 1.37 bits per heavy atom. The Morgan fingerprint density at radius 3 is 2.68 bits per heavy atom. The van der Waals surface area contributed by atoms with Gasteiger partial charge in [-0.15, -0.1) is 0 Å². The SMILES string of the molecule is C[C@H](OC(=O)c1cccc(Cl)c1Cl)C(=O)NC1CC1. The largest absolute Gasteiger partial charge is 0.449 e. The highest BCUT2D eigenvalue weighted by molar-refractivity contribution is 6.43. The molecule has 1 N–H and O–H groups in total. The maximum Gasteiger partial charge on any atom is 0.340 e. The van der Waals surface area contributed by atoms with Gasteiger partial charge in [0, 0.05) is 6.04 Å². The van der Waals surface area contributed by atoms with Crippen LogP contribution in [0.5, 0.6) is 0 Å². The summed E-state index contributed by atoms with van der Waals surface area (Å²) in [6.45, 7) is 1.52. The van der Waals surface area contributed by atoms with E-state index in [1.165, 1.54) is 13.0 Å². The first-order chi connectivity index (χ1) is 8.99. The molecule has 0 heterocycles. The van der Waals surface area contributed by atoms with Crippen LogP contribution in [0.2, 0.25) is 10.0 Å². The summed E-state index contributed by atoms with van der Waals surface area (Å²) in [6.07, 6.45) is 1.10. The summed E-state index contributed by atoms with van der Waals surface area (Å²) in [7, 11) is 0. The first-order valence-electron chi connectivity index (χ1n) is 5.94. The Hall–Kier alpha value is -1.26. The van der Waals surface area contributed by atoms with Crippen molar-refractivity contribution in [2.45, 2.75) is 31.9 Å². The van der Waals surface area contributed by atoms with Crippen molar-refractivity contribution in [3.05, 3.63) is 33.8 Å². The molecule has 4 nitrogen and oxygen atoms in total. The number of amides is 1. The lowest BCUT2D eigenvalue weighted by Crippen LogP contribution is -2.37. The van der Waals surface area contributed by atoms with E-state index in [1.54, 1.807) is 12.1 Å². The second kappa shape index (κ2) is 5.80. The van der Waals surface area contributed by atoms with E-state index in [-0.39, 0.29) is 27.6 Å². The minimum absolute atomic E-state index is 0.129. The summed E-state index contributed by atoms with van der Waals surface area (Å²) in [4.78, 5) is 23.6. The predicted molar refractivity (Wildman–Crippen MR) is 72.5 cm³/mol. The molecule has 0 aliphatic heterocycles. The highest BCUT2D eigenvalue weighted by atomic mass is 35.5. The summed E-state index contributed by atoms with van der Waals surface area (Å²) in [5, 5.41) is 3.16. The van der Waals surface area contributed by atoms with Crippen molar-refractivity contribution < 1.29 is 14.3 Å². The van der Waals surface area contributed by atoms with Crippen LogP contribution in [-0.2, 0) is 9.53 Å². The fraction of sp³-hybridized carbons (Fsp3) is 0.385. The van der Waals surface area contributed by atoms with E-state index in [1.807, 2.05) is 0 Å². The summed E-state index contributed by atoms with van der Waals surface area (Å²) in [5.74, 6) is -0.958. The normalized spacial score (nSPS) is 15.7. The van der Waals surface area contributed by atoms with Crippen LogP contribution in [0.25, 0.3) is 0 Å². The lowest BCUT2D eigenvalue weighted by atomic mass is 10.2. The van der Waals surface area contributed by atoms with Crippen LogP contribution < -0.4 is 5.32 Å². The fourth-order valence-electron chi connectivity index (χ4n) is 1.49. The third kappa shape index (κ3) is 3.61. The molecule has 0 aromatic heterocycles. The lowest BCUT2D eigenvalue weighted by Gasteiger charge is -2.13. The molecule has 6 heteroatoms. The van der Waals surface area contributed by atoms with Crippen LogP contribution in [0.15, 0.2) is 18.2 Å². The van der Waals surface area contributed by atoms with Crippen molar-refractivity contribution in [2.24, 2.45) is 0 Å². The number of carbonyl (C=O) groups is 2. The minimum Gasteiger partial charge on any atom is -0.449 e. The molecular weight excluding hydrogens is 289 g/mol. The van der Waals surface area contributed by atoms with E-state index in [9.17, 15) is 9.59 Å². The summed E-state index contributed by atoms with van der Waals surface area (Å²) in [6, 6.07) is 4.90. The van der Waals surface area contributed by atoms with Crippen LogP contribution in [0.1, 0.15) is 30.1 Å². The Bertz CT molecular complexity index is 515. The highest BCUT2D eigenvalue weighted by Gasteiger charge is 2.27. The van der Waals surface area contributed by atoms with Crippen LogP contribution in [-0.4, -0.2) is 24.0 Å². The first-order valence-corrected chi connectivity index (χ1v) is 6.70. The molecule has 2 rings (SSSR count). The van der Waals surface area contributed by atoms with Gasteiger partial charge in [-0.1, -0.05) is 29.3 Å². The number of esters is 1. The van der Waals surface area contributed by atoms with Gasteiger partial charge in [-0.05, 0) is 31.9 Å². The molecule has 0 radical (unpaired) electrons. The maximum atomic E-state index is 11.9. The maximum absolute atomic E-state index is 11.9. The van der Waals surface area contributed by atoms with Gasteiger partial charge in [-0.2, -0.15) is 0 Å². The van der Waals surface area contributed by atoms with E-state index >= 15 is 0 Å². The van der Waals surface area contributed by atoms with E-state index in [2.05, 4.69) is 5.32 Å². The molecule has 1 aromatic carbocycles. The van der Waals surface area contributed by atoms with Crippen LogP contribution in [0, 0.1) is 0 Å². The molecule has 1 saturated carbocycles. The minimum atomic E-state index is -0.858. The Kier molecular flexibility index (Phi) is 4.32. The van der Waals surface area contributed by atoms with E-state index in [0.29, 0.717) is 0 Å². The third-order valence-corrected chi connectivity index (χ3v) is 3.57. The molecule has 19 heavy (non-hydrogen) atoms. The molecule has 1 aliphatic carbocycles.